The van der Waals surface area contributed by atoms with Crippen molar-refractivity contribution < 1.29 is 14.7 Å². The van der Waals surface area contributed by atoms with E-state index in [-0.39, 0.29) is 23.5 Å². The minimum Gasteiger partial charge on any atom is -0.389 e. The van der Waals surface area contributed by atoms with Gasteiger partial charge in [-0.1, -0.05) is 43.7 Å². The van der Waals surface area contributed by atoms with Gasteiger partial charge in [-0.3, -0.25) is 9.59 Å². The van der Waals surface area contributed by atoms with Crippen LogP contribution in [0.2, 0.25) is 0 Å². The Hall–Kier alpha value is -1.48. The summed E-state index contributed by atoms with van der Waals surface area (Å²) in [5.41, 5.74) is 0.990. The van der Waals surface area contributed by atoms with Gasteiger partial charge in [-0.05, 0) is 75.2 Å². The lowest BCUT2D eigenvalue weighted by Gasteiger charge is -2.42. The Balaban J connectivity index is 1.92. The minimum atomic E-state index is -1.01. The predicted molar refractivity (Wildman–Crippen MR) is 113 cm³/mol. The quantitative estimate of drug-likeness (QED) is 0.545. The molecule has 0 spiro atoms. The van der Waals surface area contributed by atoms with Crippen molar-refractivity contribution in [2.45, 2.75) is 72.3 Å². The van der Waals surface area contributed by atoms with Crippen LogP contribution in [-0.2, 0) is 9.59 Å². The molecule has 2 saturated carbocycles. The summed E-state index contributed by atoms with van der Waals surface area (Å²) in [6, 6.07) is 0. The summed E-state index contributed by atoms with van der Waals surface area (Å²) in [6.45, 7) is 10.6. The Labute approximate surface area is 170 Å². The van der Waals surface area contributed by atoms with Gasteiger partial charge in [0.05, 0.1) is 11.5 Å². The zero-order valence-corrected chi connectivity index (χ0v) is 18.1. The average Bonchev–Trinajstić information content (AvgIpc) is 3.01. The van der Waals surface area contributed by atoms with E-state index in [0.29, 0.717) is 23.3 Å². The number of rotatable bonds is 4. The number of fused-ring (bicyclic) bond motifs is 2. The lowest BCUT2D eigenvalue weighted by atomic mass is 9.63. The molecule has 0 aromatic carbocycles. The van der Waals surface area contributed by atoms with Crippen LogP contribution in [0.4, 0.5) is 0 Å². The highest BCUT2D eigenvalue weighted by Gasteiger charge is 2.56. The van der Waals surface area contributed by atoms with Gasteiger partial charge in [0.25, 0.3) is 0 Å². The molecule has 3 aliphatic rings. The van der Waals surface area contributed by atoms with Crippen LogP contribution in [0.3, 0.4) is 0 Å². The van der Waals surface area contributed by atoms with Crippen molar-refractivity contribution in [1.82, 2.24) is 0 Å². The lowest BCUT2D eigenvalue weighted by Crippen LogP contribution is -2.40. The van der Waals surface area contributed by atoms with Crippen molar-refractivity contribution in [2.24, 2.45) is 35.0 Å². The molecule has 7 atom stereocenters. The first kappa shape index (κ1) is 21.2. The molecule has 3 heteroatoms. The summed E-state index contributed by atoms with van der Waals surface area (Å²) >= 11 is 0. The normalized spacial score (nSPS) is 43.5. The van der Waals surface area contributed by atoms with E-state index in [4.69, 9.17) is 0 Å². The molecule has 0 aromatic heterocycles. The number of Topliss-reactive ketones (excluding diaryl/α,β-unsaturated/α-hetero) is 1. The van der Waals surface area contributed by atoms with E-state index in [9.17, 15) is 14.7 Å². The number of carbonyl (C=O) groups is 2. The van der Waals surface area contributed by atoms with Gasteiger partial charge in [0, 0.05) is 12.3 Å². The first-order valence-corrected chi connectivity index (χ1v) is 10.8. The topological polar surface area (TPSA) is 54.4 Å². The molecule has 0 bridgehead atoms. The third-order valence-corrected chi connectivity index (χ3v) is 7.85. The second kappa shape index (κ2) is 7.74. The highest BCUT2D eigenvalue weighted by molar-refractivity contribution is 5.94. The number of hydrogen-bond acceptors (Lipinski definition) is 3. The summed E-state index contributed by atoms with van der Waals surface area (Å²) in [5, 5.41) is 11.0. The van der Waals surface area contributed by atoms with Gasteiger partial charge in [-0.15, -0.1) is 0 Å². The van der Waals surface area contributed by atoms with Gasteiger partial charge in [0.2, 0.25) is 0 Å². The Morgan fingerprint density at radius 2 is 2.00 bits per heavy atom. The van der Waals surface area contributed by atoms with E-state index in [1.54, 1.807) is 6.92 Å². The third kappa shape index (κ3) is 3.83. The summed E-state index contributed by atoms with van der Waals surface area (Å²) in [7, 11) is 0. The molecule has 3 rings (SSSR count). The SMILES string of the molecule is CC(C)=C/C=C\[C@H](C)C1CC[C@]2(C)C[C@H]3[C@H](C(=O)C[C@@]3(C)O)/C(C=O)=C\CC12. The molecule has 2 fully saturated rings. The van der Waals surface area contributed by atoms with Crippen molar-refractivity contribution in [2.75, 3.05) is 0 Å². The van der Waals surface area contributed by atoms with Crippen molar-refractivity contribution in [3.63, 3.8) is 0 Å². The maximum absolute atomic E-state index is 12.6. The van der Waals surface area contributed by atoms with Crippen LogP contribution >= 0.6 is 0 Å². The van der Waals surface area contributed by atoms with E-state index < -0.39 is 11.5 Å². The third-order valence-electron chi connectivity index (χ3n) is 7.85. The monoisotopic (exact) mass is 384 g/mol. The summed E-state index contributed by atoms with van der Waals surface area (Å²) in [4.78, 5) is 24.4. The molecule has 0 aliphatic heterocycles. The van der Waals surface area contributed by atoms with Crippen LogP contribution in [0.1, 0.15) is 66.7 Å². The van der Waals surface area contributed by atoms with Crippen LogP contribution in [0.5, 0.6) is 0 Å². The van der Waals surface area contributed by atoms with E-state index in [1.165, 1.54) is 12.0 Å². The van der Waals surface area contributed by atoms with Gasteiger partial charge in [0.15, 0.2) is 0 Å². The first-order valence-electron chi connectivity index (χ1n) is 10.8. The van der Waals surface area contributed by atoms with Gasteiger partial charge in [-0.25, -0.2) is 0 Å². The molecule has 0 amide bonds. The number of carbonyl (C=O) groups excluding carboxylic acids is 2. The molecule has 28 heavy (non-hydrogen) atoms. The van der Waals surface area contributed by atoms with E-state index >= 15 is 0 Å². The standard InChI is InChI=1S/C25H36O3/c1-16(2)7-6-8-17(3)19-11-12-24(4)13-21-23(22(27)14-25(21,5)28)18(15-26)9-10-20(19)24/h6-9,15,17,19-21,23,28H,10-14H2,1-5H3/b8-6-,18-9-/t17-,19?,20?,21-,23+,24+,25+/m0/s1. The van der Waals surface area contributed by atoms with Crippen molar-refractivity contribution in [3.8, 4) is 0 Å². The molecule has 1 N–H and O–H groups in total. The summed E-state index contributed by atoms with van der Waals surface area (Å²) < 4.78 is 0. The largest absolute Gasteiger partial charge is 0.389 e. The first-order chi connectivity index (χ1) is 13.1. The van der Waals surface area contributed by atoms with E-state index in [1.807, 2.05) is 6.08 Å². The van der Waals surface area contributed by atoms with E-state index in [2.05, 4.69) is 45.9 Å². The van der Waals surface area contributed by atoms with Crippen LogP contribution in [0.25, 0.3) is 0 Å². The second-order valence-corrected chi connectivity index (χ2v) is 10.3. The van der Waals surface area contributed by atoms with Crippen molar-refractivity contribution in [3.05, 3.63) is 35.5 Å². The fraction of sp³-hybridized carbons (Fsp3) is 0.680. The number of aliphatic hydroxyl groups is 1. The second-order valence-electron chi connectivity index (χ2n) is 10.3. The highest BCUT2D eigenvalue weighted by atomic mass is 16.3. The molecular formula is C25H36O3. The lowest BCUT2D eigenvalue weighted by molar-refractivity contribution is -0.121. The Morgan fingerprint density at radius 1 is 1.29 bits per heavy atom. The van der Waals surface area contributed by atoms with E-state index in [0.717, 1.165) is 25.5 Å². The maximum atomic E-state index is 12.6. The predicted octanol–water partition coefficient (Wildman–Crippen LogP) is 5.05. The Bertz CT molecular complexity index is 722. The van der Waals surface area contributed by atoms with Gasteiger partial charge in [-0.2, -0.15) is 0 Å². The number of ketones is 1. The van der Waals surface area contributed by atoms with Crippen LogP contribution in [0.15, 0.2) is 35.5 Å². The smallest absolute Gasteiger partial charge is 0.146 e. The molecule has 3 aliphatic carbocycles. The fourth-order valence-corrected chi connectivity index (χ4v) is 6.25. The van der Waals surface area contributed by atoms with Crippen LogP contribution in [0, 0.1) is 35.0 Å². The molecule has 0 saturated heterocycles. The molecule has 3 nitrogen and oxygen atoms in total. The van der Waals surface area contributed by atoms with Crippen molar-refractivity contribution in [1.29, 1.82) is 0 Å². The Morgan fingerprint density at radius 3 is 2.64 bits per heavy atom. The van der Waals surface area contributed by atoms with Crippen LogP contribution < -0.4 is 0 Å². The minimum absolute atomic E-state index is 0.0305. The average molecular weight is 385 g/mol. The highest BCUT2D eigenvalue weighted by Crippen LogP contribution is 2.59. The zero-order valence-electron chi connectivity index (χ0n) is 18.1. The number of hydrogen-bond donors (Lipinski definition) is 1. The van der Waals surface area contributed by atoms with Gasteiger partial charge in [0.1, 0.15) is 12.1 Å². The number of aldehydes is 1. The fourth-order valence-electron chi connectivity index (χ4n) is 6.25. The summed E-state index contributed by atoms with van der Waals surface area (Å²) in [6.07, 6.45) is 13.7. The molecular weight excluding hydrogens is 348 g/mol. The molecule has 154 valence electrons. The number of allylic oxidation sites excluding steroid dienone is 6. The molecule has 0 radical (unpaired) electrons. The molecule has 2 unspecified atom stereocenters. The maximum Gasteiger partial charge on any atom is 0.146 e. The van der Waals surface area contributed by atoms with Crippen LogP contribution in [-0.4, -0.2) is 22.8 Å². The zero-order chi connectivity index (χ0) is 20.7. The Kier molecular flexibility index (Phi) is 5.87. The van der Waals surface area contributed by atoms with Gasteiger partial charge >= 0.3 is 0 Å². The molecule has 0 heterocycles. The molecule has 0 aromatic rings. The van der Waals surface area contributed by atoms with Gasteiger partial charge < -0.3 is 5.11 Å². The summed E-state index contributed by atoms with van der Waals surface area (Å²) in [5.74, 6) is 0.967. The van der Waals surface area contributed by atoms with Crippen molar-refractivity contribution >= 4 is 12.1 Å².